The van der Waals surface area contributed by atoms with Crippen molar-refractivity contribution in [3.63, 3.8) is 0 Å². The average Bonchev–Trinajstić information content (AvgIpc) is 3.18. The van der Waals surface area contributed by atoms with Gasteiger partial charge in [0.05, 0.1) is 19.5 Å². The largest absolute Gasteiger partial charge is 0.497 e. The van der Waals surface area contributed by atoms with Crippen molar-refractivity contribution in [2.75, 3.05) is 27.2 Å². The highest BCUT2D eigenvalue weighted by Gasteiger charge is 2.28. The van der Waals surface area contributed by atoms with E-state index in [-0.39, 0.29) is 24.0 Å². The molecule has 2 aromatic rings. The topological polar surface area (TPSA) is 54.7 Å². The molecule has 26 heavy (non-hydrogen) atoms. The molecule has 2 atom stereocenters. The van der Waals surface area contributed by atoms with E-state index in [2.05, 4.69) is 43.9 Å². The van der Waals surface area contributed by atoms with Crippen molar-refractivity contribution >= 4 is 29.9 Å². The van der Waals surface area contributed by atoms with Gasteiger partial charge in [-0.1, -0.05) is 19.1 Å². The van der Waals surface area contributed by atoms with Gasteiger partial charge in [-0.15, -0.1) is 24.0 Å². The van der Waals surface area contributed by atoms with Crippen molar-refractivity contribution in [2.24, 2.45) is 10.9 Å². The molecule has 1 aliphatic heterocycles. The number of nitrogens with zero attached hydrogens (tertiary/aromatic N) is 4. The smallest absolute Gasteiger partial charge is 0.193 e. The molecule has 142 valence electrons. The highest BCUT2D eigenvalue weighted by molar-refractivity contribution is 14.0. The number of benzene rings is 1. The number of methoxy groups -OCH3 is 1. The lowest BCUT2D eigenvalue weighted by molar-refractivity contribution is 0.189. The summed E-state index contributed by atoms with van der Waals surface area (Å²) in [6.07, 6.45) is 6.96. The molecule has 1 N–H and O–H groups in total. The minimum absolute atomic E-state index is 0. The SMILES string of the molecule is CN=C(NCc1cccc(OC)c1)N1CCC(C)C(n2ccnc2)C1.I. The first-order valence-corrected chi connectivity index (χ1v) is 8.77. The van der Waals surface area contributed by atoms with Crippen LogP contribution >= 0.6 is 24.0 Å². The Bertz CT molecular complexity index is 704. The molecule has 0 amide bonds. The van der Waals surface area contributed by atoms with E-state index < -0.39 is 0 Å². The Hall–Kier alpha value is -1.77. The number of aliphatic imine (C=N–C) groups is 1. The Balaban J connectivity index is 0.00000243. The Morgan fingerprint density at radius 1 is 1.42 bits per heavy atom. The highest BCUT2D eigenvalue weighted by Crippen LogP contribution is 2.27. The van der Waals surface area contributed by atoms with Gasteiger partial charge in [0.2, 0.25) is 0 Å². The Morgan fingerprint density at radius 2 is 2.27 bits per heavy atom. The fraction of sp³-hybridized carbons (Fsp3) is 0.474. The van der Waals surface area contributed by atoms with Crippen molar-refractivity contribution in [1.29, 1.82) is 0 Å². The number of hydrogen-bond donors (Lipinski definition) is 1. The van der Waals surface area contributed by atoms with Crippen LogP contribution in [-0.2, 0) is 6.54 Å². The molecule has 0 spiro atoms. The normalized spacial score (nSPS) is 20.4. The zero-order valence-electron chi connectivity index (χ0n) is 15.6. The standard InChI is InChI=1S/C19H27N5O.HI/c1-15-7-9-23(13-18(15)24-10-8-21-14-24)19(20-2)22-12-16-5-4-6-17(11-16)25-3;/h4-6,8,10-11,14-15,18H,7,9,12-13H2,1-3H3,(H,20,22);1H. The van der Waals surface area contributed by atoms with Gasteiger partial charge in [0.15, 0.2) is 5.96 Å². The number of hydrogen-bond acceptors (Lipinski definition) is 3. The van der Waals surface area contributed by atoms with Crippen molar-refractivity contribution in [3.8, 4) is 5.75 Å². The minimum atomic E-state index is 0. The third-order valence-corrected chi connectivity index (χ3v) is 4.92. The maximum absolute atomic E-state index is 5.29. The molecule has 6 nitrogen and oxygen atoms in total. The molecule has 0 bridgehead atoms. The van der Waals surface area contributed by atoms with Gasteiger partial charge < -0.3 is 19.5 Å². The molecule has 2 unspecified atom stereocenters. The average molecular weight is 469 g/mol. The van der Waals surface area contributed by atoms with E-state index >= 15 is 0 Å². The molecule has 0 saturated carbocycles. The van der Waals surface area contributed by atoms with Gasteiger partial charge in [-0.25, -0.2) is 4.98 Å². The quantitative estimate of drug-likeness (QED) is 0.425. The first kappa shape index (κ1) is 20.5. The monoisotopic (exact) mass is 469 g/mol. The number of rotatable bonds is 4. The van der Waals surface area contributed by atoms with E-state index in [1.54, 1.807) is 7.11 Å². The van der Waals surface area contributed by atoms with Gasteiger partial charge in [-0.05, 0) is 30.0 Å². The fourth-order valence-electron chi connectivity index (χ4n) is 3.39. The summed E-state index contributed by atoms with van der Waals surface area (Å²) in [6.45, 7) is 5.00. The van der Waals surface area contributed by atoms with Gasteiger partial charge in [0, 0.05) is 39.1 Å². The molecule has 1 fully saturated rings. The van der Waals surface area contributed by atoms with Gasteiger partial charge in [0.25, 0.3) is 0 Å². The van der Waals surface area contributed by atoms with Crippen LogP contribution in [0.25, 0.3) is 0 Å². The zero-order chi connectivity index (χ0) is 17.6. The summed E-state index contributed by atoms with van der Waals surface area (Å²) >= 11 is 0. The zero-order valence-corrected chi connectivity index (χ0v) is 18.0. The van der Waals surface area contributed by atoms with Gasteiger partial charge in [-0.3, -0.25) is 4.99 Å². The number of aromatic nitrogens is 2. The van der Waals surface area contributed by atoms with E-state index in [0.717, 1.165) is 37.8 Å². The molecule has 1 saturated heterocycles. The van der Waals surface area contributed by atoms with Crippen molar-refractivity contribution < 1.29 is 4.74 Å². The molecular weight excluding hydrogens is 441 g/mol. The number of ether oxygens (including phenoxy) is 1. The van der Waals surface area contributed by atoms with Crippen LogP contribution in [0.2, 0.25) is 0 Å². The second-order valence-corrected chi connectivity index (χ2v) is 6.54. The number of nitrogens with one attached hydrogen (secondary N) is 1. The number of halogens is 1. The lowest BCUT2D eigenvalue weighted by atomic mass is 9.93. The Labute approximate surface area is 172 Å². The summed E-state index contributed by atoms with van der Waals surface area (Å²) in [5.74, 6) is 2.45. The predicted molar refractivity (Wildman–Crippen MR) is 115 cm³/mol. The number of guanidine groups is 1. The molecule has 1 aliphatic rings. The van der Waals surface area contributed by atoms with Crippen LogP contribution in [0.15, 0.2) is 48.0 Å². The van der Waals surface area contributed by atoms with Crippen molar-refractivity contribution in [2.45, 2.75) is 25.9 Å². The van der Waals surface area contributed by atoms with Crippen LogP contribution in [0, 0.1) is 5.92 Å². The van der Waals surface area contributed by atoms with E-state index in [0.29, 0.717) is 12.0 Å². The second-order valence-electron chi connectivity index (χ2n) is 6.54. The van der Waals surface area contributed by atoms with Crippen LogP contribution in [0.4, 0.5) is 0 Å². The molecule has 7 heteroatoms. The first-order chi connectivity index (χ1) is 12.2. The number of imidazole rings is 1. The molecule has 0 aliphatic carbocycles. The van der Waals surface area contributed by atoms with Crippen LogP contribution in [0.5, 0.6) is 5.75 Å². The van der Waals surface area contributed by atoms with Crippen LogP contribution in [0.1, 0.15) is 24.9 Å². The predicted octanol–water partition coefficient (Wildman–Crippen LogP) is 3.17. The maximum atomic E-state index is 5.29. The molecule has 3 rings (SSSR count). The number of likely N-dealkylation sites (tertiary alicyclic amines) is 1. The molecule has 0 radical (unpaired) electrons. The third kappa shape index (κ3) is 4.90. The summed E-state index contributed by atoms with van der Waals surface area (Å²) in [5, 5.41) is 3.48. The van der Waals surface area contributed by atoms with E-state index in [9.17, 15) is 0 Å². The van der Waals surface area contributed by atoms with Gasteiger partial charge in [0.1, 0.15) is 5.75 Å². The third-order valence-electron chi connectivity index (χ3n) is 4.92. The van der Waals surface area contributed by atoms with E-state index in [4.69, 9.17) is 4.74 Å². The van der Waals surface area contributed by atoms with Crippen LogP contribution in [-0.4, -0.2) is 47.7 Å². The lowest BCUT2D eigenvalue weighted by Crippen LogP contribution is -2.48. The Morgan fingerprint density at radius 3 is 2.96 bits per heavy atom. The summed E-state index contributed by atoms with van der Waals surface area (Å²) in [6, 6.07) is 8.53. The van der Waals surface area contributed by atoms with E-state index in [1.165, 1.54) is 5.56 Å². The molecule has 1 aromatic heterocycles. The van der Waals surface area contributed by atoms with E-state index in [1.807, 2.05) is 37.8 Å². The van der Waals surface area contributed by atoms with Crippen molar-refractivity contribution in [3.05, 3.63) is 48.5 Å². The fourth-order valence-corrected chi connectivity index (χ4v) is 3.39. The lowest BCUT2D eigenvalue weighted by Gasteiger charge is -2.39. The summed E-state index contributed by atoms with van der Waals surface area (Å²) < 4.78 is 7.51. The van der Waals surface area contributed by atoms with Crippen LogP contribution < -0.4 is 10.1 Å². The summed E-state index contributed by atoms with van der Waals surface area (Å²) in [7, 11) is 3.54. The highest BCUT2D eigenvalue weighted by atomic mass is 127. The van der Waals surface area contributed by atoms with Gasteiger partial charge in [-0.2, -0.15) is 0 Å². The maximum Gasteiger partial charge on any atom is 0.193 e. The van der Waals surface area contributed by atoms with Crippen molar-refractivity contribution in [1.82, 2.24) is 19.8 Å². The van der Waals surface area contributed by atoms with Gasteiger partial charge >= 0.3 is 0 Å². The van der Waals surface area contributed by atoms with Crippen LogP contribution in [0.3, 0.4) is 0 Å². The molecule has 1 aromatic carbocycles. The minimum Gasteiger partial charge on any atom is -0.497 e. The summed E-state index contributed by atoms with van der Waals surface area (Å²) in [4.78, 5) is 11.0. The summed E-state index contributed by atoms with van der Waals surface area (Å²) in [5.41, 5.74) is 1.18. The first-order valence-electron chi connectivity index (χ1n) is 8.77. The molecular formula is C19H28IN5O. The number of piperidine rings is 1. The second kappa shape index (κ2) is 9.80. The molecule has 2 heterocycles. The Kier molecular flexibility index (Phi) is 7.74.